The predicted octanol–water partition coefficient (Wildman–Crippen LogP) is 7.26. The lowest BCUT2D eigenvalue weighted by molar-refractivity contribution is -0.0974. The highest BCUT2D eigenvalue weighted by atomic mass is 35.5. The Hall–Kier alpha value is -4.77. The predicted molar refractivity (Wildman–Crippen MR) is 218 cm³/mol. The maximum Gasteiger partial charge on any atom is 0.236 e. The van der Waals surface area contributed by atoms with Crippen LogP contribution in [-0.2, 0) is 19.6 Å². The molecule has 4 N–H and O–H groups in total. The molecule has 0 saturated carbocycles. The summed E-state index contributed by atoms with van der Waals surface area (Å²) in [4.78, 5) is 11.1. The quantitative estimate of drug-likeness (QED) is 0.0791. The Morgan fingerprint density at radius 2 is 1.74 bits per heavy atom. The van der Waals surface area contributed by atoms with Crippen LogP contribution < -0.4 is 19.5 Å². The molecule has 7 rings (SSSR count). The molecule has 2 aromatic heterocycles. The van der Waals surface area contributed by atoms with Crippen LogP contribution in [0, 0.1) is 11.3 Å². The zero-order valence-corrected chi connectivity index (χ0v) is 33.3. The van der Waals surface area contributed by atoms with Crippen LogP contribution in [0.15, 0.2) is 85.2 Å². The van der Waals surface area contributed by atoms with E-state index in [2.05, 4.69) is 33.4 Å². The number of hydrogen-bond donors (Lipinski definition) is 4. The SMILES string of the molecule is CC(C)(NCc1cc(Cl)c(O[C@H]2CCc3c(-c4cccc(-c5ccc(OCCN6CC[C@@H](O)C6)cc5)c4Cl)cccc32)nc1OCc1cncc(C#N)c1)C(O)O. The van der Waals surface area contributed by atoms with Crippen molar-refractivity contribution in [3.63, 3.8) is 0 Å². The van der Waals surface area contributed by atoms with Gasteiger partial charge in [-0.2, -0.15) is 10.2 Å². The summed E-state index contributed by atoms with van der Waals surface area (Å²) in [5.74, 6) is 1.22. The maximum absolute atomic E-state index is 9.85. The van der Waals surface area contributed by atoms with Crippen molar-refractivity contribution in [2.24, 2.45) is 0 Å². The van der Waals surface area contributed by atoms with Crippen LogP contribution in [0.25, 0.3) is 22.3 Å². The molecule has 2 aliphatic rings. The van der Waals surface area contributed by atoms with Gasteiger partial charge in [0.05, 0.1) is 22.2 Å². The van der Waals surface area contributed by atoms with Gasteiger partial charge in [0.15, 0.2) is 6.29 Å². The van der Waals surface area contributed by atoms with E-state index >= 15 is 0 Å². The zero-order valence-electron chi connectivity index (χ0n) is 31.8. The van der Waals surface area contributed by atoms with Crippen LogP contribution in [0.1, 0.15) is 60.6 Å². The van der Waals surface area contributed by atoms with Crippen molar-refractivity contribution in [3.8, 4) is 45.8 Å². The van der Waals surface area contributed by atoms with E-state index in [0.29, 0.717) is 41.3 Å². The number of aromatic nitrogens is 2. The van der Waals surface area contributed by atoms with Crippen LogP contribution in [0.5, 0.6) is 17.5 Å². The summed E-state index contributed by atoms with van der Waals surface area (Å²) in [6.07, 6.45) is 3.15. The summed E-state index contributed by atoms with van der Waals surface area (Å²) in [6.45, 7) is 6.50. The highest BCUT2D eigenvalue weighted by Crippen LogP contribution is 2.45. The first-order chi connectivity index (χ1) is 27.5. The highest BCUT2D eigenvalue weighted by molar-refractivity contribution is 6.36. The Balaban J connectivity index is 1.09. The molecule has 0 radical (unpaired) electrons. The zero-order chi connectivity index (χ0) is 40.1. The number of aliphatic hydroxyl groups excluding tert-OH is 2. The average molecular weight is 811 g/mol. The van der Waals surface area contributed by atoms with Crippen molar-refractivity contribution in [3.05, 3.63) is 123 Å². The van der Waals surface area contributed by atoms with Gasteiger partial charge in [0.2, 0.25) is 11.8 Å². The fourth-order valence-electron chi connectivity index (χ4n) is 7.15. The van der Waals surface area contributed by atoms with Gasteiger partial charge < -0.3 is 34.8 Å². The molecule has 57 heavy (non-hydrogen) atoms. The number of halogens is 2. The number of fused-ring (bicyclic) bond motifs is 1. The minimum absolute atomic E-state index is 0.0777. The van der Waals surface area contributed by atoms with E-state index in [-0.39, 0.29) is 42.1 Å². The fourth-order valence-corrected chi connectivity index (χ4v) is 7.70. The second kappa shape index (κ2) is 17.8. The topological polar surface area (TPSA) is 153 Å². The van der Waals surface area contributed by atoms with Gasteiger partial charge in [0, 0.05) is 60.8 Å². The number of benzene rings is 3. The monoisotopic (exact) mass is 809 g/mol. The van der Waals surface area contributed by atoms with Crippen molar-refractivity contribution < 1.29 is 29.5 Å². The number of ether oxygens (including phenoxy) is 3. The minimum Gasteiger partial charge on any atom is -0.492 e. The largest absolute Gasteiger partial charge is 0.492 e. The number of nitrogens with one attached hydrogen (secondary N) is 1. The molecule has 3 heterocycles. The Morgan fingerprint density at radius 1 is 0.965 bits per heavy atom. The normalized spacial score (nSPS) is 16.8. The Kier molecular flexibility index (Phi) is 12.6. The Bertz CT molecular complexity index is 2250. The lowest BCUT2D eigenvalue weighted by atomic mass is 9.94. The third-order valence-electron chi connectivity index (χ3n) is 10.5. The molecule has 13 heteroatoms. The van der Waals surface area contributed by atoms with E-state index in [1.54, 1.807) is 32.2 Å². The van der Waals surface area contributed by atoms with Gasteiger partial charge in [0.1, 0.15) is 36.2 Å². The summed E-state index contributed by atoms with van der Waals surface area (Å²) in [6, 6.07) is 25.7. The first kappa shape index (κ1) is 40.4. The van der Waals surface area contributed by atoms with E-state index in [4.69, 9.17) is 42.4 Å². The van der Waals surface area contributed by atoms with E-state index in [9.17, 15) is 20.6 Å². The number of pyridine rings is 2. The van der Waals surface area contributed by atoms with Gasteiger partial charge in [-0.25, -0.2) is 0 Å². The smallest absolute Gasteiger partial charge is 0.236 e. The molecule has 1 aliphatic heterocycles. The number of aliphatic hydroxyl groups is 3. The number of β-amino-alcohol motifs (C(OH)–C–C–N with tert-alkyl or cyclic N) is 1. The molecule has 2 atom stereocenters. The van der Waals surface area contributed by atoms with E-state index in [1.807, 2.05) is 48.5 Å². The number of hydrogen-bond acceptors (Lipinski definition) is 11. The molecule has 0 bridgehead atoms. The summed E-state index contributed by atoms with van der Waals surface area (Å²) >= 11 is 14.0. The number of likely N-dealkylation sites (tertiary alicyclic amines) is 1. The number of nitriles is 1. The minimum atomic E-state index is -1.61. The molecule has 0 spiro atoms. The van der Waals surface area contributed by atoms with Crippen LogP contribution in [-0.4, -0.2) is 74.4 Å². The van der Waals surface area contributed by atoms with Crippen molar-refractivity contribution in [2.45, 2.75) is 70.3 Å². The molecule has 3 aromatic carbocycles. The highest BCUT2D eigenvalue weighted by Gasteiger charge is 2.30. The van der Waals surface area contributed by atoms with E-state index in [0.717, 1.165) is 65.1 Å². The van der Waals surface area contributed by atoms with Gasteiger partial charge in [-0.1, -0.05) is 71.7 Å². The second-order valence-corrected chi connectivity index (χ2v) is 15.8. The van der Waals surface area contributed by atoms with Gasteiger partial charge in [-0.15, -0.1) is 0 Å². The van der Waals surface area contributed by atoms with Gasteiger partial charge in [-0.3, -0.25) is 9.88 Å². The maximum atomic E-state index is 9.85. The molecule has 5 aromatic rings. The molecule has 1 saturated heterocycles. The van der Waals surface area contributed by atoms with Gasteiger partial charge in [-0.05, 0) is 79.6 Å². The van der Waals surface area contributed by atoms with E-state index < -0.39 is 11.8 Å². The lowest BCUT2D eigenvalue weighted by Crippen LogP contribution is -2.49. The van der Waals surface area contributed by atoms with Gasteiger partial charge >= 0.3 is 0 Å². The van der Waals surface area contributed by atoms with Crippen molar-refractivity contribution >= 4 is 23.2 Å². The van der Waals surface area contributed by atoms with Crippen molar-refractivity contribution in [2.75, 3.05) is 26.2 Å². The molecule has 1 aliphatic carbocycles. The second-order valence-electron chi connectivity index (χ2n) is 15.0. The number of nitrogens with zero attached hydrogens (tertiary/aromatic N) is 4. The first-order valence-corrected chi connectivity index (χ1v) is 19.7. The first-order valence-electron chi connectivity index (χ1n) is 19.0. The van der Waals surface area contributed by atoms with Crippen molar-refractivity contribution in [1.82, 2.24) is 20.2 Å². The van der Waals surface area contributed by atoms with Crippen LogP contribution in [0.3, 0.4) is 0 Å². The fraction of sp³-hybridized carbons (Fsp3) is 0.341. The third-order valence-corrected chi connectivity index (χ3v) is 11.2. The summed E-state index contributed by atoms with van der Waals surface area (Å²) in [5, 5.41) is 42.9. The summed E-state index contributed by atoms with van der Waals surface area (Å²) in [7, 11) is 0. The van der Waals surface area contributed by atoms with Crippen LogP contribution in [0.2, 0.25) is 10.0 Å². The third kappa shape index (κ3) is 9.52. The van der Waals surface area contributed by atoms with Crippen LogP contribution >= 0.6 is 23.2 Å². The molecule has 11 nitrogen and oxygen atoms in total. The molecular formula is C44H45Cl2N5O6. The molecule has 1 fully saturated rings. The summed E-state index contributed by atoms with van der Waals surface area (Å²) in [5.41, 5.74) is 6.64. The van der Waals surface area contributed by atoms with Crippen molar-refractivity contribution in [1.29, 1.82) is 5.26 Å². The molecular weight excluding hydrogens is 765 g/mol. The molecule has 0 unspecified atom stereocenters. The standard InChI is InChI=1S/C44H45Cl2N5O6/c1-44(2,43(53)54)49-24-30-20-38(45)42(50-41(30)56-26-28-19-27(21-47)22-48-23-28)57-39-14-13-35-34(6-4-7-36(35)39)37-8-3-5-33(40(37)46)29-9-11-32(12-10-29)55-18-17-51-16-15-31(52)25-51/h3-12,19-20,22-23,31,39,43,49,52-54H,13-18,24-26H2,1-2H3/t31-,39+/m1/s1. The molecule has 0 amide bonds. The van der Waals surface area contributed by atoms with Crippen LogP contribution in [0.4, 0.5) is 0 Å². The molecule has 296 valence electrons. The average Bonchev–Trinajstić information content (AvgIpc) is 3.83. The Morgan fingerprint density at radius 3 is 2.49 bits per heavy atom. The lowest BCUT2D eigenvalue weighted by Gasteiger charge is -2.28. The van der Waals surface area contributed by atoms with Gasteiger partial charge in [0.25, 0.3) is 0 Å². The number of rotatable bonds is 15. The van der Waals surface area contributed by atoms with E-state index in [1.165, 1.54) is 6.20 Å². The Labute approximate surface area is 342 Å². The summed E-state index contributed by atoms with van der Waals surface area (Å²) < 4.78 is 18.7.